The van der Waals surface area contributed by atoms with Gasteiger partial charge in [-0.25, -0.2) is 8.78 Å². The van der Waals surface area contributed by atoms with E-state index in [1.165, 1.54) is 0 Å². The summed E-state index contributed by atoms with van der Waals surface area (Å²) < 4.78 is 26.5. The van der Waals surface area contributed by atoms with Crippen molar-refractivity contribution < 1.29 is 18.5 Å². The molecule has 1 atom stereocenters. The van der Waals surface area contributed by atoms with Gasteiger partial charge in [0.1, 0.15) is 5.82 Å². The van der Waals surface area contributed by atoms with Crippen LogP contribution in [0.1, 0.15) is 20.3 Å². The third kappa shape index (κ3) is 4.23. The Balaban J connectivity index is 2.91. The molecule has 0 heterocycles. The molecule has 0 spiro atoms. The molecule has 0 fully saturated rings. The average molecular weight is 287 g/mol. The molecule has 20 heavy (non-hydrogen) atoms. The Kier molecular flexibility index (Phi) is 5.51. The van der Waals surface area contributed by atoms with Crippen LogP contribution < -0.4 is 10.6 Å². The zero-order valence-electron chi connectivity index (χ0n) is 11.1. The summed E-state index contributed by atoms with van der Waals surface area (Å²) in [6, 6.07) is 0.880. The lowest BCUT2D eigenvalue weighted by molar-refractivity contribution is -0.384. The lowest BCUT2D eigenvalue weighted by atomic mass is 10.2. The molecule has 0 aliphatic rings. The second kappa shape index (κ2) is 6.90. The van der Waals surface area contributed by atoms with Gasteiger partial charge < -0.3 is 10.6 Å². The molecule has 1 rings (SSSR count). The summed E-state index contributed by atoms with van der Waals surface area (Å²) in [6.45, 7) is 4.26. The first kappa shape index (κ1) is 16.0. The smallest absolute Gasteiger partial charge is 0.298 e. The van der Waals surface area contributed by atoms with Crippen LogP contribution >= 0.6 is 0 Å². The Morgan fingerprint density at radius 1 is 1.45 bits per heavy atom. The van der Waals surface area contributed by atoms with Gasteiger partial charge in [0.15, 0.2) is 11.5 Å². The third-order valence-corrected chi connectivity index (χ3v) is 2.54. The molecule has 1 aromatic carbocycles. The predicted molar refractivity (Wildman–Crippen MR) is 69.4 cm³/mol. The number of nitrogens with one attached hydrogen (secondary N) is 2. The molecule has 2 N–H and O–H groups in total. The fourth-order valence-electron chi connectivity index (χ4n) is 1.72. The fraction of sp³-hybridized carbons (Fsp3) is 0.417. The maximum Gasteiger partial charge on any atom is 0.298 e. The molecular weight excluding hydrogens is 272 g/mol. The Bertz CT molecular complexity index is 523. The highest BCUT2D eigenvalue weighted by molar-refractivity contribution is 5.93. The summed E-state index contributed by atoms with van der Waals surface area (Å²) in [7, 11) is 0. The highest BCUT2D eigenvalue weighted by Crippen LogP contribution is 2.28. The molecule has 0 saturated heterocycles. The summed E-state index contributed by atoms with van der Waals surface area (Å²) >= 11 is 0. The van der Waals surface area contributed by atoms with Gasteiger partial charge in [-0.05, 0) is 13.5 Å². The lowest BCUT2D eigenvalue weighted by Gasteiger charge is -2.12. The molecule has 0 aliphatic carbocycles. The van der Waals surface area contributed by atoms with E-state index in [-0.39, 0.29) is 12.5 Å². The topological polar surface area (TPSA) is 84.3 Å². The third-order valence-electron chi connectivity index (χ3n) is 2.54. The number of carbonyl (C=O) groups is 1. The SMILES string of the molecule is CCNC(C)CC(=O)Nc1c(F)cc(F)cc1[N+](=O)[O-]. The fourth-order valence-corrected chi connectivity index (χ4v) is 1.72. The normalized spacial score (nSPS) is 12.0. The van der Waals surface area contributed by atoms with Crippen molar-refractivity contribution in [1.29, 1.82) is 0 Å². The van der Waals surface area contributed by atoms with Crippen molar-refractivity contribution in [3.05, 3.63) is 33.9 Å². The first-order valence-electron chi connectivity index (χ1n) is 6.01. The molecule has 1 unspecified atom stereocenters. The van der Waals surface area contributed by atoms with Crippen molar-refractivity contribution in [1.82, 2.24) is 5.32 Å². The number of benzene rings is 1. The minimum Gasteiger partial charge on any atom is -0.318 e. The monoisotopic (exact) mass is 287 g/mol. The van der Waals surface area contributed by atoms with Crippen LogP contribution in [0.5, 0.6) is 0 Å². The molecule has 0 aliphatic heterocycles. The van der Waals surface area contributed by atoms with Crippen molar-refractivity contribution in [3.63, 3.8) is 0 Å². The Morgan fingerprint density at radius 2 is 2.10 bits per heavy atom. The first-order chi connectivity index (χ1) is 9.35. The second-order valence-electron chi connectivity index (χ2n) is 4.25. The van der Waals surface area contributed by atoms with Gasteiger partial charge in [-0.2, -0.15) is 0 Å². The molecular formula is C12H15F2N3O3. The molecule has 0 aromatic heterocycles. The van der Waals surface area contributed by atoms with E-state index in [1.54, 1.807) is 6.92 Å². The lowest BCUT2D eigenvalue weighted by Crippen LogP contribution is -2.30. The van der Waals surface area contributed by atoms with Crippen LogP contribution in [0.4, 0.5) is 20.2 Å². The number of halogens is 2. The van der Waals surface area contributed by atoms with Crippen LogP contribution in [-0.2, 0) is 4.79 Å². The van der Waals surface area contributed by atoms with Crippen LogP contribution in [0, 0.1) is 21.7 Å². The number of rotatable bonds is 6. The number of nitro benzene ring substituents is 1. The van der Waals surface area contributed by atoms with E-state index < -0.39 is 33.8 Å². The number of carbonyl (C=O) groups excluding carboxylic acids is 1. The Labute approximate surface area is 114 Å². The van der Waals surface area contributed by atoms with E-state index in [4.69, 9.17) is 0 Å². The van der Waals surface area contributed by atoms with Gasteiger partial charge in [-0.15, -0.1) is 0 Å². The van der Waals surface area contributed by atoms with Crippen molar-refractivity contribution in [3.8, 4) is 0 Å². The number of anilines is 1. The highest BCUT2D eigenvalue weighted by Gasteiger charge is 2.22. The molecule has 0 bridgehead atoms. The summed E-state index contributed by atoms with van der Waals surface area (Å²) in [5.41, 5.74) is -1.43. The summed E-state index contributed by atoms with van der Waals surface area (Å²) in [4.78, 5) is 21.5. The maximum atomic E-state index is 13.5. The summed E-state index contributed by atoms with van der Waals surface area (Å²) in [5, 5.41) is 15.8. The molecule has 1 aromatic rings. The van der Waals surface area contributed by atoms with E-state index in [9.17, 15) is 23.7 Å². The number of amides is 1. The average Bonchev–Trinajstić information content (AvgIpc) is 2.32. The van der Waals surface area contributed by atoms with Crippen molar-refractivity contribution in [2.24, 2.45) is 0 Å². The number of hydrogen-bond acceptors (Lipinski definition) is 4. The highest BCUT2D eigenvalue weighted by atomic mass is 19.1. The van der Waals surface area contributed by atoms with Gasteiger partial charge in [-0.3, -0.25) is 14.9 Å². The minimum absolute atomic E-state index is 0.0157. The summed E-state index contributed by atoms with van der Waals surface area (Å²) in [5.74, 6) is -2.85. The number of nitrogens with zero attached hydrogens (tertiary/aromatic N) is 1. The second-order valence-corrected chi connectivity index (χ2v) is 4.25. The van der Waals surface area contributed by atoms with E-state index in [2.05, 4.69) is 10.6 Å². The van der Waals surface area contributed by atoms with Gasteiger partial charge in [-0.1, -0.05) is 6.92 Å². The van der Waals surface area contributed by atoms with Gasteiger partial charge in [0.25, 0.3) is 5.69 Å². The van der Waals surface area contributed by atoms with E-state index in [0.717, 1.165) is 0 Å². The van der Waals surface area contributed by atoms with Gasteiger partial charge in [0.2, 0.25) is 5.91 Å². The molecule has 8 heteroatoms. The zero-order chi connectivity index (χ0) is 15.3. The van der Waals surface area contributed by atoms with Crippen LogP contribution in [0.25, 0.3) is 0 Å². The maximum absolute atomic E-state index is 13.5. The standard InChI is InChI=1S/C12H15F2N3O3/c1-3-15-7(2)4-11(18)16-12-9(14)5-8(13)6-10(12)17(19)20/h5-7,15H,3-4H2,1-2H3,(H,16,18). The van der Waals surface area contributed by atoms with Gasteiger partial charge >= 0.3 is 0 Å². The van der Waals surface area contributed by atoms with Crippen molar-refractivity contribution in [2.45, 2.75) is 26.3 Å². The van der Waals surface area contributed by atoms with Crippen molar-refractivity contribution in [2.75, 3.05) is 11.9 Å². The first-order valence-corrected chi connectivity index (χ1v) is 6.01. The molecule has 0 saturated carbocycles. The van der Waals surface area contributed by atoms with E-state index >= 15 is 0 Å². The summed E-state index contributed by atoms with van der Waals surface area (Å²) in [6.07, 6.45) is 0.0157. The Morgan fingerprint density at radius 3 is 2.65 bits per heavy atom. The van der Waals surface area contributed by atoms with Crippen molar-refractivity contribution >= 4 is 17.3 Å². The largest absolute Gasteiger partial charge is 0.318 e. The van der Waals surface area contributed by atoms with Crippen LogP contribution in [0.2, 0.25) is 0 Å². The van der Waals surface area contributed by atoms with E-state index in [0.29, 0.717) is 18.7 Å². The van der Waals surface area contributed by atoms with E-state index in [1.807, 2.05) is 6.92 Å². The van der Waals surface area contributed by atoms with Gasteiger partial charge in [0.05, 0.1) is 11.0 Å². The molecule has 1 amide bonds. The molecule has 0 radical (unpaired) electrons. The molecule has 110 valence electrons. The number of hydrogen-bond donors (Lipinski definition) is 2. The number of nitro groups is 1. The zero-order valence-corrected chi connectivity index (χ0v) is 11.1. The van der Waals surface area contributed by atoms with Crippen LogP contribution in [0.3, 0.4) is 0 Å². The van der Waals surface area contributed by atoms with Crippen LogP contribution in [0.15, 0.2) is 12.1 Å². The quantitative estimate of drug-likeness (QED) is 0.620. The molecule has 6 nitrogen and oxygen atoms in total. The predicted octanol–water partition coefficient (Wildman–Crippen LogP) is 2.20. The minimum atomic E-state index is -1.18. The van der Waals surface area contributed by atoms with Crippen LogP contribution in [-0.4, -0.2) is 23.4 Å². The van der Waals surface area contributed by atoms with Gasteiger partial charge in [0, 0.05) is 18.5 Å². The Hall–Kier alpha value is -2.09.